The molecule has 1 atom stereocenters. The molecule has 2 aliphatic rings. The second-order valence-corrected chi connectivity index (χ2v) is 6.72. The molecule has 0 unspecified atom stereocenters. The van der Waals surface area contributed by atoms with Crippen LogP contribution < -0.4 is 20.5 Å². The van der Waals surface area contributed by atoms with Gasteiger partial charge in [0.15, 0.2) is 5.84 Å². The molecule has 9 heteroatoms. The van der Waals surface area contributed by atoms with Gasteiger partial charge < -0.3 is 15.8 Å². The third-order valence-electron chi connectivity index (χ3n) is 3.63. The minimum Gasteiger partial charge on any atom is -0.492 e. The maximum atomic E-state index is 9.63. The van der Waals surface area contributed by atoms with E-state index in [9.17, 15) is 9.11 Å². The van der Waals surface area contributed by atoms with Crippen molar-refractivity contribution in [2.75, 3.05) is 24.4 Å². The van der Waals surface area contributed by atoms with Crippen molar-refractivity contribution in [3.63, 3.8) is 0 Å². The molecule has 1 aromatic rings. The van der Waals surface area contributed by atoms with Gasteiger partial charge in [-0.1, -0.05) is 6.07 Å². The number of nitrogens with two attached hydrogens (primary N) is 1. The number of anilines is 1. The number of halogens is 1. The summed E-state index contributed by atoms with van der Waals surface area (Å²) in [5.74, 6) is 1.17. The van der Waals surface area contributed by atoms with Crippen LogP contribution in [0, 0.1) is 5.92 Å². The molecule has 0 radical (unpaired) electrons. The summed E-state index contributed by atoms with van der Waals surface area (Å²) in [6.07, 6.45) is 2.30. The van der Waals surface area contributed by atoms with Gasteiger partial charge in [-0.05, 0) is 42.5 Å². The first kappa shape index (κ1) is 17.2. The third-order valence-corrected chi connectivity index (χ3v) is 4.57. The fourth-order valence-electron chi connectivity index (χ4n) is 2.63. The molecule has 0 amide bonds. The van der Waals surface area contributed by atoms with E-state index in [0.29, 0.717) is 29.5 Å². The van der Waals surface area contributed by atoms with Crippen molar-refractivity contribution in [2.24, 2.45) is 16.0 Å². The highest BCUT2D eigenvalue weighted by Gasteiger charge is 2.25. The number of rotatable bonds is 3. The van der Waals surface area contributed by atoms with Crippen LogP contribution in [0.1, 0.15) is 18.4 Å². The van der Waals surface area contributed by atoms with Crippen LogP contribution >= 0.6 is 23.4 Å². The number of amidine groups is 1. The van der Waals surface area contributed by atoms with Crippen LogP contribution in [-0.4, -0.2) is 34.6 Å². The van der Waals surface area contributed by atoms with Crippen molar-refractivity contribution in [1.29, 1.82) is 0 Å². The predicted molar refractivity (Wildman–Crippen MR) is 92.0 cm³/mol. The number of benzene rings is 1. The minimum atomic E-state index is -3.25. The first-order chi connectivity index (χ1) is 10.1. The second kappa shape index (κ2) is 6.93. The molecule has 1 aromatic carbocycles. The van der Waals surface area contributed by atoms with Crippen molar-refractivity contribution in [3.05, 3.63) is 23.8 Å². The quantitative estimate of drug-likeness (QED) is 0.572. The molecule has 1 fully saturated rings. The first-order valence-electron chi connectivity index (χ1n) is 6.93. The van der Waals surface area contributed by atoms with E-state index >= 15 is 0 Å². The minimum absolute atomic E-state index is 0. The third kappa shape index (κ3) is 3.76. The Bertz CT molecular complexity index is 564. The highest BCUT2D eigenvalue weighted by atomic mass is 35.5. The summed E-state index contributed by atoms with van der Waals surface area (Å²) in [6.45, 7) is 2.63. The van der Waals surface area contributed by atoms with Crippen molar-refractivity contribution < 1.29 is 13.8 Å². The van der Waals surface area contributed by atoms with Crippen molar-refractivity contribution in [3.8, 4) is 5.75 Å². The van der Waals surface area contributed by atoms with Crippen LogP contribution in [0.4, 0.5) is 5.69 Å². The van der Waals surface area contributed by atoms with Gasteiger partial charge in [-0.2, -0.15) is 0 Å². The Morgan fingerprint density at radius 2 is 2.23 bits per heavy atom. The fraction of sp³-hybridized carbons (Fsp3) is 0.462. The van der Waals surface area contributed by atoms with Gasteiger partial charge >= 0.3 is 0 Å². The zero-order valence-corrected chi connectivity index (χ0v) is 13.6. The molecule has 2 heterocycles. The van der Waals surface area contributed by atoms with Gasteiger partial charge in [0.2, 0.25) is 0 Å². The molecule has 7 nitrogen and oxygen atoms in total. The van der Waals surface area contributed by atoms with E-state index in [1.165, 1.54) is 0 Å². The standard InChI is InChI=1S/C13H20N4O3S.ClH/c14-13-12-10(16-21(18,19)17-13)4-1-5-11(12)20-8-9-3-2-6-15-7-9;/h1,4-5,9,15-16,18-19H,2-3,6-8H2,(H2,14,17);1H/t9-;/m0./s1. The highest BCUT2D eigenvalue weighted by Crippen LogP contribution is 2.46. The van der Waals surface area contributed by atoms with Crippen molar-refractivity contribution in [1.82, 2.24) is 5.32 Å². The number of hydrogen-bond donors (Lipinski definition) is 5. The maximum absolute atomic E-state index is 9.63. The molecule has 0 bridgehead atoms. The Labute approximate surface area is 137 Å². The molecular weight excluding hydrogens is 328 g/mol. The summed E-state index contributed by atoms with van der Waals surface area (Å²) < 4.78 is 31.4. The zero-order valence-electron chi connectivity index (χ0n) is 12.0. The van der Waals surface area contributed by atoms with E-state index < -0.39 is 11.0 Å². The topological polar surface area (TPSA) is 112 Å². The summed E-state index contributed by atoms with van der Waals surface area (Å²) in [4.78, 5) is 0. The summed E-state index contributed by atoms with van der Waals surface area (Å²) in [6, 6.07) is 5.32. The molecule has 0 spiro atoms. The number of nitrogens with one attached hydrogen (secondary N) is 2. The number of piperidine rings is 1. The summed E-state index contributed by atoms with van der Waals surface area (Å²) >= 11 is 0. The molecule has 0 aliphatic carbocycles. The van der Waals surface area contributed by atoms with Gasteiger partial charge in [0.25, 0.3) is 0 Å². The van der Waals surface area contributed by atoms with Crippen molar-refractivity contribution >= 4 is 34.9 Å². The largest absolute Gasteiger partial charge is 0.492 e. The normalized spacial score (nSPS) is 24.1. The van der Waals surface area contributed by atoms with E-state index in [1.54, 1.807) is 12.1 Å². The zero-order chi connectivity index (χ0) is 14.9. The van der Waals surface area contributed by atoms with Crippen LogP contribution in [0.3, 0.4) is 0 Å². The van der Waals surface area contributed by atoms with E-state index in [0.717, 1.165) is 25.9 Å². The van der Waals surface area contributed by atoms with Crippen LogP contribution in [0.15, 0.2) is 22.6 Å². The Balaban J connectivity index is 0.00000176. The molecule has 124 valence electrons. The van der Waals surface area contributed by atoms with E-state index in [-0.39, 0.29) is 18.2 Å². The number of ether oxygens (including phenoxy) is 1. The van der Waals surface area contributed by atoms with Crippen molar-refractivity contribution in [2.45, 2.75) is 12.8 Å². The molecule has 2 aliphatic heterocycles. The summed E-state index contributed by atoms with van der Waals surface area (Å²) in [5.41, 5.74) is 6.97. The number of fused-ring (bicyclic) bond motifs is 1. The Kier molecular flexibility index (Phi) is 5.41. The molecule has 1 saturated heterocycles. The molecular formula is C13H21ClN4O3S. The van der Waals surface area contributed by atoms with Crippen LogP contribution in [0.25, 0.3) is 0 Å². The Morgan fingerprint density at radius 1 is 1.41 bits per heavy atom. The highest BCUT2D eigenvalue weighted by molar-refractivity contribution is 8.24. The average Bonchev–Trinajstić information content (AvgIpc) is 2.44. The predicted octanol–water partition coefficient (Wildman–Crippen LogP) is 2.20. The first-order valence-corrected chi connectivity index (χ1v) is 8.44. The van der Waals surface area contributed by atoms with E-state index in [2.05, 4.69) is 14.4 Å². The summed E-state index contributed by atoms with van der Waals surface area (Å²) in [5, 5.41) is 3.35. The number of nitrogens with zero attached hydrogens (tertiary/aromatic N) is 1. The molecule has 0 saturated carbocycles. The lowest BCUT2D eigenvalue weighted by Gasteiger charge is -2.33. The summed E-state index contributed by atoms with van der Waals surface area (Å²) in [7, 11) is -3.25. The fourth-order valence-corrected chi connectivity index (χ4v) is 3.50. The Morgan fingerprint density at radius 3 is 2.95 bits per heavy atom. The van der Waals surface area contributed by atoms with Gasteiger partial charge in [0, 0.05) is 12.5 Å². The second-order valence-electron chi connectivity index (χ2n) is 5.30. The lowest BCUT2D eigenvalue weighted by atomic mass is 10.0. The smallest absolute Gasteiger partial charge is 0.158 e. The van der Waals surface area contributed by atoms with Gasteiger partial charge in [-0.15, -0.1) is 16.8 Å². The van der Waals surface area contributed by atoms with E-state index in [1.807, 2.05) is 6.07 Å². The maximum Gasteiger partial charge on any atom is 0.158 e. The molecule has 22 heavy (non-hydrogen) atoms. The lowest BCUT2D eigenvalue weighted by molar-refractivity contribution is 0.218. The van der Waals surface area contributed by atoms with Crippen LogP contribution in [0.2, 0.25) is 0 Å². The molecule has 0 aromatic heterocycles. The van der Waals surface area contributed by atoms with Crippen LogP contribution in [0.5, 0.6) is 5.75 Å². The average molecular weight is 349 g/mol. The van der Waals surface area contributed by atoms with Gasteiger partial charge in [0.1, 0.15) is 5.75 Å². The van der Waals surface area contributed by atoms with Crippen LogP contribution in [-0.2, 0) is 0 Å². The Hall–Kier alpha value is -1.19. The number of hydrogen-bond acceptors (Lipinski definition) is 7. The van der Waals surface area contributed by atoms with Gasteiger partial charge in [-0.25, -0.2) is 0 Å². The monoisotopic (exact) mass is 348 g/mol. The molecule has 3 rings (SSSR count). The van der Waals surface area contributed by atoms with Gasteiger partial charge in [-0.3, -0.25) is 13.8 Å². The SMILES string of the molecule is Cl.NC1=NS(O)(O)Nc2cccc(OC[C@H]3CCCNC3)c21. The molecule has 6 N–H and O–H groups in total. The van der Waals surface area contributed by atoms with Gasteiger partial charge in [0.05, 0.1) is 17.9 Å². The lowest BCUT2D eigenvalue weighted by Crippen LogP contribution is -2.33. The van der Waals surface area contributed by atoms with E-state index in [4.69, 9.17) is 10.5 Å².